The zero-order valence-electron chi connectivity index (χ0n) is 17.5. The fraction of sp³-hybridized carbons (Fsp3) is 0.450. The number of sulfonamides is 1. The Labute approximate surface area is 190 Å². The normalized spacial score (nSPS) is 13.8. The van der Waals surface area contributed by atoms with Crippen LogP contribution in [0.25, 0.3) is 0 Å². The van der Waals surface area contributed by atoms with Crippen LogP contribution in [0.4, 0.5) is 5.00 Å². The maximum Gasteiger partial charge on any atom is 0.251 e. The molecule has 0 saturated carbocycles. The lowest BCUT2D eigenvalue weighted by molar-refractivity contribution is -0.113. The fourth-order valence-corrected chi connectivity index (χ4v) is 6.89. The largest absolute Gasteiger partial charge is 0.365 e. The first-order valence-electron chi connectivity index (χ1n) is 10.1. The van der Waals surface area contributed by atoms with E-state index >= 15 is 0 Å². The molecule has 31 heavy (non-hydrogen) atoms. The number of thiophene rings is 1. The molecule has 0 radical (unpaired) electrons. The molecular formula is C20H26N4O4S3. The third-order valence-corrected chi connectivity index (χ3v) is 9.26. The lowest BCUT2D eigenvalue weighted by Gasteiger charge is -2.18. The monoisotopic (exact) mass is 482 g/mol. The van der Waals surface area contributed by atoms with E-state index in [0.29, 0.717) is 28.7 Å². The molecule has 0 saturated heterocycles. The predicted molar refractivity (Wildman–Crippen MR) is 123 cm³/mol. The number of carbonyl (C=O) groups excluding carboxylic acids is 2. The van der Waals surface area contributed by atoms with E-state index in [2.05, 4.69) is 10.3 Å². The maximum absolute atomic E-state index is 12.5. The number of hydrogen-bond acceptors (Lipinski definition) is 7. The first-order chi connectivity index (χ1) is 14.8. The summed E-state index contributed by atoms with van der Waals surface area (Å²) in [5.74, 6) is -0.711. The summed E-state index contributed by atoms with van der Waals surface area (Å²) in [5, 5.41) is 3.86. The van der Waals surface area contributed by atoms with Crippen molar-refractivity contribution in [1.82, 2.24) is 9.29 Å². The lowest BCUT2D eigenvalue weighted by Crippen LogP contribution is -2.30. The van der Waals surface area contributed by atoms with Gasteiger partial charge in [0, 0.05) is 24.2 Å². The molecule has 2 aromatic rings. The molecule has 0 unspecified atom stereocenters. The van der Waals surface area contributed by atoms with Crippen LogP contribution >= 0.6 is 23.1 Å². The highest BCUT2D eigenvalue weighted by atomic mass is 32.2. The average molecular weight is 483 g/mol. The van der Waals surface area contributed by atoms with Crippen molar-refractivity contribution in [3.63, 3.8) is 0 Å². The molecule has 8 nitrogen and oxygen atoms in total. The summed E-state index contributed by atoms with van der Waals surface area (Å²) in [4.78, 5) is 29.8. The number of amides is 2. The number of carbonyl (C=O) groups is 2. The van der Waals surface area contributed by atoms with Gasteiger partial charge in [-0.3, -0.25) is 9.59 Å². The van der Waals surface area contributed by atoms with Crippen LogP contribution in [-0.4, -0.2) is 48.4 Å². The van der Waals surface area contributed by atoms with Crippen molar-refractivity contribution in [3.05, 3.63) is 34.3 Å². The van der Waals surface area contributed by atoms with E-state index in [1.165, 1.54) is 39.7 Å². The SMILES string of the molecule is CCN(CC)S(=O)(=O)c1ccc(SCC(=O)Nc2sc3c(c2C(N)=O)CCCC3)nc1. The van der Waals surface area contributed by atoms with Crippen LogP contribution < -0.4 is 11.1 Å². The van der Waals surface area contributed by atoms with Gasteiger partial charge in [-0.1, -0.05) is 25.6 Å². The summed E-state index contributed by atoms with van der Waals surface area (Å²) < 4.78 is 26.4. The number of nitrogens with zero attached hydrogens (tertiary/aromatic N) is 2. The molecule has 1 aliphatic rings. The van der Waals surface area contributed by atoms with Crippen molar-refractivity contribution in [1.29, 1.82) is 0 Å². The number of rotatable bonds is 9. The van der Waals surface area contributed by atoms with Gasteiger partial charge >= 0.3 is 0 Å². The summed E-state index contributed by atoms with van der Waals surface area (Å²) >= 11 is 2.62. The number of pyridine rings is 1. The van der Waals surface area contributed by atoms with Crippen molar-refractivity contribution in [2.24, 2.45) is 5.73 Å². The molecule has 0 bridgehead atoms. The zero-order chi connectivity index (χ0) is 22.6. The molecule has 3 N–H and O–H groups in total. The maximum atomic E-state index is 12.5. The highest BCUT2D eigenvalue weighted by Crippen LogP contribution is 2.38. The number of hydrogen-bond donors (Lipinski definition) is 2. The average Bonchev–Trinajstić information content (AvgIpc) is 3.11. The number of fused-ring (bicyclic) bond motifs is 1. The van der Waals surface area contributed by atoms with Gasteiger partial charge in [-0.25, -0.2) is 13.4 Å². The summed E-state index contributed by atoms with van der Waals surface area (Å²) in [7, 11) is -3.56. The van der Waals surface area contributed by atoms with E-state index in [0.717, 1.165) is 36.1 Å². The topological polar surface area (TPSA) is 122 Å². The molecule has 0 spiro atoms. The molecule has 168 valence electrons. The van der Waals surface area contributed by atoms with E-state index < -0.39 is 15.9 Å². The quantitative estimate of drug-likeness (QED) is 0.530. The fourth-order valence-electron chi connectivity index (χ4n) is 3.53. The van der Waals surface area contributed by atoms with Gasteiger partial charge in [0.05, 0.1) is 16.3 Å². The van der Waals surface area contributed by atoms with Gasteiger partial charge in [0.15, 0.2) is 0 Å². The highest BCUT2D eigenvalue weighted by Gasteiger charge is 2.25. The molecular weight excluding hydrogens is 456 g/mol. The highest BCUT2D eigenvalue weighted by molar-refractivity contribution is 7.99. The van der Waals surface area contributed by atoms with Crippen molar-refractivity contribution >= 4 is 49.9 Å². The van der Waals surface area contributed by atoms with Gasteiger partial charge in [-0.05, 0) is 43.4 Å². The van der Waals surface area contributed by atoms with Gasteiger partial charge in [0.2, 0.25) is 15.9 Å². The van der Waals surface area contributed by atoms with Crippen molar-refractivity contribution in [2.45, 2.75) is 49.5 Å². The molecule has 2 amide bonds. The van der Waals surface area contributed by atoms with E-state index in [9.17, 15) is 18.0 Å². The number of thioether (sulfide) groups is 1. The Morgan fingerprint density at radius 1 is 1.23 bits per heavy atom. The Morgan fingerprint density at radius 2 is 1.94 bits per heavy atom. The molecule has 0 aliphatic heterocycles. The molecule has 2 heterocycles. The summed E-state index contributed by atoms with van der Waals surface area (Å²) in [6, 6.07) is 3.09. The van der Waals surface area contributed by atoms with Crippen molar-refractivity contribution in [2.75, 3.05) is 24.2 Å². The van der Waals surface area contributed by atoms with Gasteiger partial charge in [0.25, 0.3) is 5.91 Å². The Morgan fingerprint density at radius 3 is 2.55 bits per heavy atom. The number of anilines is 1. The molecule has 2 aromatic heterocycles. The third kappa shape index (κ3) is 5.28. The molecule has 0 atom stereocenters. The van der Waals surface area contributed by atoms with Crippen molar-refractivity contribution in [3.8, 4) is 0 Å². The second kappa shape index (κ2) is 10.1. The van der Waals surface area contributed by atoms with Gasteiger partial charge in [0.1, 0.15) is 9.90 Å². The smallest absolute Gasteiger partial charge is 0.251 e. The summed E-state index contributed by atoms with van der Waals surface area (Å²) in [5.41, 5.74) is 6.97. The van der Waals surface area contributed by atoms with Gasteiger partial charge in [-0.15, -0.1) is 11.3 Å². The summed E-state index contributed by atoms with van der Waals surface area (Å²) in [6.07, 6.45) is 5.10. The third-order valence-electron chi connectivity index (χ3n) is 5.07. The lowest BCUT2D eigenvalue weighted by atomic mass is 9.95. The minimum absolute atomic E-state index is 0.0793. The van der Waals surface area contributed by atoms with Crippen LogP contribution in [-0.2, 0) is 27.7 Å². The molecule has 0 fully saturated rings. The van der Waals surface area contributed by atoms with Gasteiger partial charge in [-0.2, -0.15) is 4.31 Å². The Balaban J connectivity index is 1.64. The standard InChI is InChI=1S/C20H26N4O4S3/c1-3-24(4-2)31(27,28)13-9-10-17(22-11-13)29-12-16(25)23-20-18(19(21)26)14-7-5-6-8-15(14)30-20/h9-11H,3-8,12H2,1-2H3,(H2,21,26)(H,23,25). The summed E-state index contributed by atoms with van der Waals surface area (Å²) in [6.45, 7) is 4.33. The Hall–Kier alpha value is -1.95. The zero-order valence-corrected chi connectivity index (χ0v) is 20.0. The molecule has 0 aromatic carbocycles. The van der Waals surface area contributed by atoms with Crippen LogP contribution in [0.2, 0.25) is 0 Å². The first kappa shape index (κ1) is 23.7. The molecule has 11 heteroatoms. The molecule has 3 rings (SSSR count). The van der Waals surface area contributed by atoms with Crippen LogP contribution in [0.15, 0.2) is 28.3 Å². The second-order valence-electron chi connectivity index (χ2n) is 7.04. The number of primary amides is 1. The van der Waals surface area contributed by atoms with Crippen LogP contribution in [0.1, 0.15) is 47.5 Å². The Kier molecular flexibility index (Phi) is 7.73. The van der Waals surface area contributed by atoms with Gasteiger partial charge < -0.3 is 11.1 Å². The number of aryl methyl sites for hydroxylation is 1. The minimum atomic E-state index is -3.56. The predicted octanol–water partition coefficient (Wildman–Crippen LogP) is 2.88. The van der Waals surface area contributed by atoms with E-state index in [1.807, 2.05) is 0 Å². The van der Waals surface area contributed by atoms with Crippen LogP contribution in [0, 0.1) is 0 Å². The van der Waals surface area contributed by atoms with E-state index in [1.54, 1.807) is 19.9 Å². The Bertz CT molecular complexity index is 1060. The first-order valence-corrected chi connectivity index (χ1v) is 13.3. The second-order valence-corrected chi connectivity index (χ2v) is 11.1. The number of aromatic nitrogens is 1. The van der Waals surface area contributed by atoms with E-state index in [-0.39, 0.29) is 16.6 Å². The minimum Gasteiger partial charge on any atom is -0.365 e. The van der Waals surface area contributed by atoms with E-state index in [4.69, 9.17) is 5.73 Å². The van der Waals surface area contributed by atoms with Crippen molar-refractivity contribution < 1.29 is 18.0 Å². The van der Waals surface area contributed by atoms with Crippen LogP contribution in [0.5, 0.6) is 0 Å². The number of nitrogens with two attached hydrogens (primary N) is 1. The number of nitrogens with one attached hydrogen (secondary N) is 1. The van der Waals surface area contributed by atoms with Crippen LogP contribution in [0.3, 0.4) is 0 Å². The molecule has 1 aliphatic carbocycles.